The predicted molar refractivity (Wildman–Crippen MR) is 112 cm³/mol. The minimum absolute atomic E-state index is 0.0504. The van der Waals surface area contributed by atoms with Crippen molar-refractivity contribution in [2.45, 2.75) is 64.0 Å². The van der Waals surface area contributed by atoms with Crippen LogP contribution in [-0.4, -0.2) is 52.7 Å². The summed E-state index contributed by atoms with van der Waals surface area (Å²) in [4.78, 5) is 31.6. The first-order chi connectivity index (χ1) is 15.1. The predicted octanol–water partition coefficient (Wildman–Crippen LogP) is 3.40. The topological polar surface area (TPSA) is 94.8 Å². The fourth-order valence-corrected chi connectivity index (χ4v) is 4.85. The van der Waals surface area contributed by atoms with E-state index in [2.05, 4.69) is 10.1 Å². The summed E-state index contributed by atoms with van der Waals surface area (Å²) in [7, 11) is 1.38. The summed E-state index contributed by atoms with van der Waals surface area (Å²) in [6.07, 6.45) is 5.53. The maximum absolute atomic E-state index is 13.1. The van der Waals surface area contributed by atoms with E-state index in [-0.39, 0.29) is 24.3 Å². The van der Waals surface area contributed by atoms with Gasteiger partial charge in [-0.3, -0.25) is 4.79 Å². The van der Waals surface area contributed by atoms with Gasteiger partial charge in [-0.25, -0.2) is 4.79 Å². The number of fused-ring (bicyclic) bond motifs is 1. The molecule has 2 aliphatic rings. The number of amides is 1. The van der Waals surface area contributed by atoms with Crippen molar-refractivity contribution >= 4 is 11.9 Å². The SMILES string of the molecule is CCOc1ccc(-c2noc(CCC(=O)N3C(C(=O)OC)CC4CCCCC43)n2)cc1. The lowest BCUT2D eigenvalue weighted by Crippen LogP contribution is -2.46. The van der Waals surface area contributed by atoms with Crippen molar-refractivity contribution in [3.8, 4) is 17.1 Å². The van der Waals surface area contributed by atoms with Gasteiger partial charge < -0.3 is 18.9 Å². The molecule has 1 saturated carbocycles. The lowest BCUT2D eigenvalue weighted by molar-refractivity contribution is -0.152. The molecule has 4 rings (SSSR count). The minimum Gasteiger partial charge on any atom is -0.494 e. The molecule has 0 N–H and O–H groups in total. The number of aryl methyl sites for hydroxylation is 1. The van der Waals surface area contributed by atoms with Crippen LogP contribution in [-0.2, 0) is 20.7 Å². The van der Waals surface area contributed by atoms with Gasteiger partial charge in [-0.05, 0) is 56.4 Å². The zero-order valence-corrected chi connectivity index (χ0v) is 18.1. The Morgan fingerprint density at radius 3 is 2.71 bits per heavy atom. The first-order valence-corrected chi connectivity index (χ1v) is 11.1. The van der Waals surface area contributed by atoms with Crippen molar-refractivity contribution in [2.75, 3.05) is 13.7 Å². The summed E-state index contributed by atoms with van der Waals surface area (Å²) < 4.78 is 15.8. The molecule has 1 saturated heterocycles. The number of benzene rings is 1. The third-order valence-corrected chi connectivity index (χ3v) is 6.29. The number of likely N-dealkylation sites (tertiary alicyclic amines) is 1. The minimum atomic E-state index is -0.479. The van der Waals surface area contributed by atoms with E-state index < -0.39 is 6.04 Å². The molecule has 2 aromatic rings. The molecule has 1 aliphatic heterocycles. The van der Waals surface area contributed by atoms with Gasteiger partial charge in [-0.1, -0.05) is 18.0 Å². The molecule has 1 amide bonds. The summed E-state index contributed by atoms with van der Waals surface area (Å²) in [6.45, 7) is 2.54. The second-order valence-electron chi connectivity index (χ2n) is 8.16. The van der Waals surface area contributed by atoms with E-state index in [1.165, 1.54) is 7.11 Å². The number of rotatable bonds is 7. The van der Waals surface area contributed by atoms with Gasteiger partial charge >= 0.3 is 5.97 Å². The average Bonchev–Trinajstić information content (AvgIpc) is 3.42. The summed E-state index contributed by atoms with van der Waals surface area (Å²) in [5.41, 5.74) is 0.820. The van der Waals surface area contributed by atoms with Gasteiger partial charge in [0, 0.05) is 24.4 Å². The van der Waals surface area contributed by atoms with Crippen LogP contribution in [0.3, 0.4) is 0 Å². The van der Waals surface area contributed by atoms with Crippen LogP contribution in [0.1, 0.15) is 51.3 Å². The number of nitrogens with zero attached hydrogens (tertiary/aromatic N) is 3. The Balaban J connectivity index is 1.40. The standard InChI is InChI=1S/C23H29N3O5/c1-3-30-17-10-8-15(9-11-17)22-24-20(31-25-22)12-13-21(27)26-18-7-5-4-6-16(18)14-19(26)23(28)29-2/h8-11,16,18-19H,3-7,12-14H2,1-2H3. The zero-order valence-electron chi connectivity index (χ0n) is 18.1. The zero-order chi connectivity index (χ0) is 21.8. The molecule has 1 aliphatic carbocycles. The van der Waals surface area contributed by atoms with Gasteiger partial charge in [0.15, 0.2) is 0 Å². The molecule has 3 unspecified atom stereocenters. The van der Waals surface area contributed by atoms with Gasteiger partial charge in [0.2, 0.25) is 17.6 Å². The molecule has 166 valence electrons. The number of ether oxygens (including phenoxy) is 2. The maximum Gasteiger partial charge on any atom is 0.328 e. The second kappa shape index (κ2) is 9.49. The van der Waals surface area contributed by atoms with Crippen molar-refractivity contribution in [3.63, 3.8) is 0 Å². The van der Waals surface area contributed by atoms with E-state index >= 15 is 0 Å². The highest BCUT2D eigenvalue weighted by Crippen LogP contribution is 2.40. The number of esters is 1. The van der Waals surface area contributed by atoms with Gasteiger partial charge in [0.25, 0.3) is 0 Å². The number of hydrogen-bond donors (Lipinski definition) is 0. The number of carbonyl (C=O) groups is 2. The third kappa shape index (κ3) is 4.57. The molecule has 8 heteroatoms. The Morgan fingerprint density at radius 1 is 1.19 bits per heavy atom. The lowest BCUT2D eigenvalue weighted by Gasteiger charge is -2.33. The molecule has 1 aromatic carbocycles. The van der Waals surface area contributed by atoms with E-state index in [9.17, 15) is 9.59 Å². The molecule has 0 bridgehead atoms. The molecule has 1 aromatic heterocycles. The van der Waals surface area contributed by atoms with Crippen LogP contribution in [0.5, 0.6) is 5.75 Å². The lowest BCUT2D eigenvalue weighted by atomic mass is 9.84. The van der Waals surface area contributed by atoms with E-state index in [1.54, 1.807) is 4.90 Å². The van der Waals surface area contributed by atoms with E-state index in [4.69, 9.17) is 14.0 Å². The van der Waals surface area contributed by atoms with Crippen molar-refractivity contribution in [1.29, 1.82) is 0 Å². The highest BCUT2D eigenvalue weighted by atomic mass is 16.5. The quantitative estimate of drug-likeness (QED) is 0.625. The summed E-state index contributed by atoms with van der Waals surface area (Å²) in [5.74, 6) is 1.69. The molecule has 31 heavy (non-hydrogen) atoms. The summed E-state index contributed by atoms with van der Waals surface area (Å²) in [6, 6.07) is 7.12. The van der Waals surface area contributed by atoms with Crippen LogP contribution in [0.15, 0.2) is 28.8 Å². The largest absolute Gasteiger partial charge is 0.494 e. The van der Waals surface area contributed by atoms with Crippen LogP contribution in [0, 0.1) is 5.92 Å². The molecule has 0 radical (unpaired) electrons. The number of methoxy groups -OCH3 is 1. The number of carbonyl (C=O) groups excluding carboxylic acids is 2. The Morgan fingerprint density at radius 2 is 1.97 bits per heavy atom. The molecule has 0 spiro atoms. The third-order valence-electron chi connectivity index (χ3n) is 6.29. The van der Waals surface area contributed by atoms with Crippen LogP contribution < -0.4 is 4.74 Å². The summed E-state index contributed by atoms with van der Waals surface area (Å²) in [5, 5.41) is 4.03. The fraction of sp³-hybridized carbons (Fsp3) is 0.565. The Labute approximate surface area is 181 Å². The molecule has 2 heterocycles. The Hall–Kier alpha value is -2.90. The Kier molecular flexibility index (Phi) is 6.53. The van der Waals surface area contributed by atoms with Crippen LogP contribution >= 0.6 is 0 Å². The molecular weight excluding hydrogens is 398 g/mol. The molecule has 3 atom stereocenters. The van der Waals surface area contributed by atoms with Crippen molar-refractivity contribution < 1.29 is 23.6 Å². The van der Waals surface area contributed by atoms with E-state index in [1.807, 2.05) is 31.2 Å². The smallest absolute Gasteiger partial charge is 0.328 e. The van der Waals surface area contributed by atoms with Crippen LogP contribution in [0.25, 0.3) is 11.4 Å². The molecular formula is C23H29N3O5. The monoisotopic (exact) mass is 427 g/mol. The van der Waals surface area contributed by atoms with Crippen molar-refractivity contribution in [1.82, 2.24) is 15.0 Å². The van der Waals surface area contributed by atoms with E-state index in [0.717, 1.165) is 37.0 Å². The Bertz CT molecular complexity index is 910. The second-order valence-corrected chi connectivity index (χ2v) is 8.16. The number of aromatic nitrogens is 2. The first-order valence-electron chi connectivity index (χ1n) is 11.1. The molecule has 8 nitrogen and oxygen atoms in total. The van der Waals surface area contributed by atoms with Gasteiger partial charge in [0.1, 0.15) is 11.8 Å². The van der Waals surface area contributed by atoms with Crippen LogP contribution in [0.2, 0.25) is 0 Å². The van der Waals surface area contributed by atoms with Gasteiger partial charge in [-0.15, -0.1) is 0 Å². The molecule has 2 fully saturated rings. The number of hydrogen-bond acceptors (Lipinski definition) is 7. The van der Waals surface area contributed by atoms with Crippen molar-refractivity contribution in [3.05, 3.63) is 30.2 Å². The van der Waals surface area contributed by atoms with E-state index in [0.29, 0.717) is 37.1 Å². The van der Waals surface area contributed by atoms with Crippen LogP contribution in [0.4, 0.5) is 0 Å². The fourth-order valence-electron chi connectivity index (χ4n) is 4.85. The normalized spacial score (nSPS) is 22.8. The maximum atomic E-state index is 13.1. The van der Waals surface area contributed by atoms with Gasteiger partial charge in [-0.2, -0.15) is 4.98 Å². The van der Waals surface area contributed by atoms with Gasteiger partial charge in [0.05, 0.1) is 13.7 Å². The highest BCUT2D eigenvalue weighted by Gasteiger charge is 2.47. The highest BCUT2D eigenvalue weighted by molar-refractivity contribution is 5.85. The van der Waals surface area contributed by atoms with Crippen molar-refractivity contribution in [2.24, 2.45) is 5.92 Å². The average molecular weight is 428 g/mol. The summed E-state index contributed by atoms with van der Waals surface area (Å²) >= 11 is 0. The first kappa shape index (κ1) is 21.3.